The van der Waals surface area contributed by atoms with Gasteiger partial charge in [0, 0.05) is 6.20 Å². The number of amides is 1. The van der Waals surface area contributed by atoms with E-state index in [0.717, 1.165) is 5.69 Å². The van der Waals surface area contributed by atoms with Crippen LogP contribution in [0.2, 0.25) is 0 Å². The molecule has 5 heteroatoms. The molecule has 0 bridgehead atoms. The number of nitrogens with zero attached hydrogens (tertiary/aromatic N) is 1. The van der Waals surface area contributed by atoms with E-state index in [1.54, 1.807) is 6.20 Å². The van der Waals surface area contributed by atoms with Crippen molar-refractivity contribution in [3.63, 3.8) is 0 Å². The van der Waals surface area contributed by atoms with E-state index >= 15 is 0 Å². The molecule has 0 aliphatic heterocycles. The van der Waals surface area contributed by atoms with Gasteiger partial charge in [-0.2, -0.15) is 0 Å². The van der Waals surface area contributed by atoms with E-state index in [1.165, 1.54) is 24.3 Å². The van der Waals surface area contributed by atoms with Crippen LogP contribution >= 0.6 is 0 Å². The maximum atomic E-state index is 12.8. The highest BCUT2D eigenvalue weighted by atomic mass is 19.1. The highest BCUT2D eigenvalue weighted by molar-refractivity contribution is 5.81. The van der Waals surface area contributed by atoms with Crippen LogP contribution in [0.1, 0.15) is 19.0 Å². The molecule has 2 rings (SSSR count). The largest absolute Gasteiger partial charge is 0.481 e. The number of hydrogen-bond acceptors (Lipinski definition) is 3. The molecule has 0 aliphatic rings. The lowest BCUT2D eigenvalue weighted by Crippen LogP contribution is -2.37. The van der Waals surface area contributed by atoms with Crippen LogP contribution < -0.4 is 10.1 Å². The number of halogens is 1. The van der Waals surface area contributed by atoms with Gasteiger partial charge < -0.3 is 10.1 Å². The third-order valence-electron chi connectivity index (χ3n) is 2.93. The van der Waals surface area contributed by atoms with Gasteiger partial charge in [0.2, 0.25) is 0 Å². The zero-order valence-electron chi connectivity index (χ0n) is 11.8. The summed E-state index contributed by atoms with van der Waals surface area (Å²) in [6.45, 7) is 2.21. The van der Waals surface area contributed by atoms with E-state index in [9.17, 15) is 9.18 Å². The van der Waals surface area contributed by atoms with Crippen molar-refractivity contribution in [1.82, 2.24) is 10.3 Å². The summed E-state index contributed by atoms with van der Waals surface area (Å²) >= 11 is 0. The average molecular weight is 288 g/mol. The third-order valence-corrected chi connectivity index (χ3v) is 2.93. The van der Waals surface area contributed by atoms with Gasteiger partial charge in [-0.25, -0.2) is 4.39 Å². The van der Waals surface area contributed by atoms with Gasteiger partial charge in [-0.1, -0.05) is 13.0 Å². The Hall–Kier alpha value is -2.43. The number of pyridine rings is 1. The maximum absolute atomic E-state index is 12.8. The van der Waals surface area contributed by atoms with Gasteiger partial charge in [-0.3, -0.25) is 9.78 Å². The smallest absolute Gasteiger partial charge is 0.261 e. The van der Waals surface area contributed by atoms with Crippen LogP contribution in [0.15, 0.2) is 48.7 Å². The van der Waals surface area contributed by atoms with Crippen molar-refractivity contribution in [3.8, 4) is 5.75 Å². The second-order valence-electron chi connectivity index (χ2n) is 4.51. The fourth-order valence-corrected chi connectivity index (χ4v) is 1.79. The second-order valence-corrected chi connectivity index (χ2v) is 4.51. The molecule has 0 fully saturated rings. The minimum atomic E-state index is -0.612. The van der Waals surface area contributed by atoms with Crippen molar-refractivity contribution in [2.24, 2.45) is 0 Å². The SMILES string of the molecule is CC[C@H](Oc1ccc(F)cc1)C(=O)NCc1ccccn1. The van der Waals surface area contributed by atoms with Crippen molar-refractivity contribution in [1.29, 1.82) is 0 Å². The zero-order chi connectivity index (χ0) is 15.1. The van der Waals surface area contributed by atoms with Gasteiger partial charge in [0.05, 0.1) is 12.2 Å². The Morgan fingerprint density at radius 3 is 2.67 bits per heavy atom. The normalized spacial score (nSPS) is 11.7. The maximum Gasteiger partial charge on any atom is 0.261 e. The van der Waals surface area contributed by atoms with Crippen LogP contribution in [0.5, 0.6) is 5.75 Å². The summed E-state index contributed by atoms with van der Waals surface area (Å²) in [7, 11) is 0. The molecule has 1 aromatic heterocycles. The number of carbonyl (C=O) groups is 1. The van der Waals surface area contributed by atoms with Crippen molar-refractivity contribution in [2.45, 2.75) is 26.0 Å². The number of nitrogens with one attached hydrogen (secondary N) is 1. The molecule has 1 atom stereocenters. The van der Waals surface area contributed by atoms with E-state index in [0.29, 0.717) is 18.7 Å². The standard InChI is InChI=1S/C16H17FN2O2/c1-2-15(21-14-8-6-12(17)7-9-14)16(20)19-11-13-5-3-4-10-18-13/h3-10,15H,2,11H2,1H3,(H,19,20)/t15-/m0/s1. The second kappa shape index (κ2) is 7.38. The Morgan fingerprint density at radius 2 is 2.05 bits per heavy atom. The molecule has 1 heterocycles. The fourth-order valence-electron chi connectivity index (χ4n) is 1.79. The van der Waals surface area contributed by atoms with Gasteiger partial charge in [-0.05, 0) is 42.8 Å². The van der Waals surface area contributed by atoms with Gasteiger partial charge in [-0.15, -0.1) is 0 Å². The van der Waals surface area contributed by atoms with E-state index in [1.807, 2.05) is 25.1 Å². The highest BCUT2D eigenvalue weighted by Crippen LogP contribution is 2.14. The summed E-state index contributed by atoms with van der Waals surface area (Å²) < 4.78 is 18.4. The predicted octanol–water partition coefficient (Wildman–Crippen LogP) is 2.69. The van der Waals surface area contributed by atoms with Crippen LogP contribution in [0, 0.1) is 5.82 Å². The molecular weight excluding hydrogens is 271 g/mol. The fraction of sp³-hybridized carbons (Fsp3) is 0.250. The lowest BCUT2D eigenvalue weighted by molar-refractivity contribution is -0.128. The summed E-state index contributed by atoms with van der Waals surface area (Å²) in [5.41, 5.74) is 0.780. The number of ether oxygens (including phenoxy) is 1. The summed E-state index contributed by atoms with van der Waals surface area (Å²) in [5, 5.41) is 2.78. The number of carbonyl (C=O) groups excluding carboxylic acids is 1. The Bertz CT molecular complexity index is 573. The molecule has 4 nitrogen and oxygen atoms in total. The summed E-state index contributed by atoms with van der Waals surface area (Å²) in [4.78, 5) is 16.2. The average Bonchev–Trinajstić information content (AvgIpc) is 2.53. The lowest BCUT2D eigenvalue weighted by atomic mass is 10.2. The van der Waals surface area contributed by atoms with Gasteiger partial charge in [0.1, 0.15) is 11.6 Å². The first-order valence-corrected chi connectivity index (χ1v) is 6.79. The monoisotopic (exact) mass is 288 g/mol. The van der Waals surface area contributed by atoms with Crippen LogP contribution in [0.3, 0.4) is 0 Å². The van der Waals surface area contributed by atoms with Crippen molar-refractivity contribution in [3.05, 3.63) is 60.2 Å². The number of hydrogen-bond donors (Lipinski definition) is 1. The molecule has 0 radical (unpaired) electrons. The highest BCUT2D eigenvalue weighted by Gasteiger charge is 2.18. The molecule has 0 saturated carbocycles. The predicted molar refractivity (Wildman–Crippen MR) is 77.2 cm³/mol. The van der Waals surface area contributed by atoms with Crippen LogP contribution in [0.25, 0.3) is 0 Å². The number of rotatable bonds is 6. The Balaban J connectivity index is 1.90. The van der Waals surface area contributed by atoms with Crippen molar-refractivity contribution < 1.29 is 13.9 Å². The Kier molecular flexibility index (Phi) is 5.26. The van der Waals surface area contributed by atoms with E-state index in [2.05, 4.69) is 10.3 Å². The molecule has 21 heavy (non-hydrogen) atoms. The van der Waals surface area contributed by atoms with E-state index in [4.69, 9.17) is 4.74 Å². The number of aromatic nitrogens is 1. The Labute approximate surface area is 123 Å². The van der Waals surface area contributed by atoms with Gasteiger partial charge in [0.25, 0.3) is 5.91 Å². The van der Waals surface area contributed by atoms with Crippen molar-refractivity contribution >= 4 is 5.91 Å². The first-order chi connectivity index (χ1) is 10.2. The minimum absolute atomic E-state index is 0.215. The van der Waals surface area contributed by atoms with Crippen LogP contribution in [0.4, 0.5) is 4.39 Å². The first-order valence-electron chi connectivity index (χ1n) is 6.79. The molecule has 0 aliphatic carbocycles. The molecule has 2 aromatic rings. The van der Waals surface area contributed by atoms with E-state index < -0.39 is 6.10 Å². The summed E-state index contributed by atoms with van der Waals surface area (Å²) in [6.07, 6.45) is 1.58. The molecule has 0 spiro atoms. The van der Waals surface area contributed by atoms with Crippen molar-refractivity contribution in [2.75, 3.05) is 0 Å². The molecule has 1 amide bonds. The molecule has 0 saturated heterocycles. The number of benzene rings is 1. The quantitative estimate of drug-likeness (QED) is 0.889. The van der Waals surface area contributed by atoms with E-state index in [-0.39, 0.29) is 11.7 Å². The topological polar surface area (TPSA) is 51.2 Å². The third kappa shape index (κ3) is 4.56. The van der Waals surface area contributed by atoms with Crippen LogP contribution in [-0.4, -0.2) is 17.0 Å². The Morgan fingerprint density at radius 1 is 1.29 bits per heavy atom. The molecule has 110 valence electrons. The minimum Gasteiger partial charge on any atom is -0.481 e. The summed E-state index contributed by atoms with van der Waals surface area (Å²) in [6, 6.07) is 11.1. The summed E-state index contributed by atoms with van der Waals surface area (Å²) in [5.74, 6) is -0.0845. The van der Waals surface area contributed by atoms with Crippen LogP contribution in [-0.2, 0) is 11.3 Å². The lowest BCUT2D eigenvalue weighted by Gasteiger charge is -2.17. The molecule has 1 aromatic carbocycles. The first kappa shape index (κ1) is 15.0. The molecular formula is C16H17FN2O2. The van der Waals surface area contributed by atoms with Gasteiger partial charge >= 0.3 is 0 Å². The molecule has 0 unspecified atom stereocenters. The van der Waals surface area contributed by atoms with Gasteiger partial charge in [0.15, 0.2) is 6.10 Å². The zero-order valence-corrected chi connectivity index (χ0v) is 11.8. The molecule has 1 N–H and O–H groups in total.